The van der Waals surface area contributed by atoms with Gasteiger partial charge in [-0.2, -0.15) is 0 Å². The highest BCUT2D eigenvalue weighted by molar-refractivity contribution is 9.27. The van der Waals surface area contributed by atoms with Crippen molar-refractivity contribution in [1.29, 1.82) is 0 Å². The van der Waals surface area contributed by atoms with Crippen LogP contribution in [0.25, 0.3) is 0 Å². The number of benzene rings is 1. The molecule has 0 N–H and O–H groups in total. The van der Waals surface area contributed by atoms with Gasteiger partial charge in [0.25, 0.3) is 0 Å². The van der Waals surface area contributed by atoms with E-state index in [1.165, 1.54) is 0 Å². The molecule has 6 heteroatoms. The second-order valence-corrected chi connectivity index (χ2v) is 9.42. The summed E-state index contributed by atoms with van der Waals surface area (Å²) in [6.45, 7) is 0. The molecule has 0 bridgehead atoms. The van der Waals surface area contributed by atoms with Crippen molar-refractivity contribution >= 4 is 53.3 Å². The Morgan fingerprint density at radius 1 is 1.29 bits per heavy atom. The molecule has 0 aliphatic heterocycles. The summed E-state index contributed by atoms with van der Waals surface area (Å²) in [7, 11) is -3.22. The zero-order chi connectivity index (χ0) is 10.8. The van der Waals surface area contributed by atoms with Crippen LogP contribution < -0.4 is 0 Å². The van der Waals surface area contributed by atoms with Crippen molar-refractivity contribution in [2.45, 2.75) is 8.82 Å². The summed E-state index contributed by atoms with van der Waals surface area (Å²) in [6.07, 6.45) is 0. The van der Waals surface area contributed by atoms with Gasteiger partial charge in [-0.05, 0) is 11.6 Å². The molecular formula is C8H7Br2ClO2S. The van der Waals surface area contributed by atoms with E-state index < -0.39 is 12.9 Å². The van der Waals surface area contributed by atoms with E-state index in [9.17, 15) is 8.42 Å². The smallest absolute Gasteiger partial charge is 0.177 e. The Morgan fingerprint density at radius 2 is 1.86 bits per heavy atom. The molecule has 0 radical (unpaired) electrons. The first kappa shape index (κ1) is 12.5. The van der Waals surface area contributed by atoms with Crippen molar-refractivity contribution in [2.24, 2.45) is 0 Å². The summed E-state index contributed by atoms with van der Waals surface area (Å²) in [5, 5.41) is 0.469. The lowest BCUT2D eigenvalue weighted by atomic mass is 10.2. The molecule has 2 nitrogen and oxygen atoms in total. The highest BCUT2D eigenvalue weighted by Crippen LogP contribution is 2.24. The van der Waals surface area contributed by atoms with Gasteiger partial charge >= 0.3 is 0 Å². The maximum absolute atomic E-state index is 11.5. The van der Waals surface area contributed by atoms with Gasteiger partial charge in [-0.15, -0.1) is 0 Å². The zero-order valence-electron chi connectivity index (χ0n) is 6.95. The molecule has 0 spiro atoms. The Labute approximate surface area is 105 Å². The number of rotatable bonds is 3. The van der Waals surface area contributed by atoms with Crippen molar-refractivity contribution in [3.05, 3.63) is 34.9 Å². The second-order valence-electron chi connectivity index (χ2n) is 2.66. The molecule has 1 aromatic carbocycles. The lowest BCUT2D eigenvalue weighted by Gasteiger charge is -2.06. The molecule has 0 aromatic heterocycles. The van der Waals surface area contributed by atoms with Crippen LogP contribution in [0.4, 0.5) is 0 Å². The standard InChI is InChI=1S/C8H7Br2ClO2S/c9-8(10)14(12,13)5-6-3-1-2-4-7(6)11/h1-4,8H,5H2. The molecular weight excluding hydrogens is 355 g/mol. The Kier molecular flexibility index (Phi) is 4.43. The topological polar surface area (TPSA) is 34.1 Å². The van der Waals surface area contributed by atoms with Crippen molar-refractivity contribution in [3.8, 4) is 0 Å². The summed E-state index contributed by atoms with van der Waals surface area (Å²) in [6, 6.07) is 6.89. The van der Waals surface area contributed by atoms with Crippen molar-refractivity contribution < 1.29 is 8.42 Å². The van der Waals surface area contributed by atoms with Crippen molar-refractivity contribution in [1.82, 2.24) is 0 Å². The third-order valence-electron chi connectivity index (χ3n) is 1.59. The fourth-order valence-electron chi connectivity index (χ4n) is 0.895. The van der Waals surface area contributed by atoms with Gasteiger partial charge < -0.3 is 0 Å². The fourth-order valence-corrected chi connectivity index (χ4v) is 2.78. The van der Waals surface area contributed by atoms with Gasteiger partial charge in [-0.3, -0.25) is 0 Å². The Hall–Kier alpha value is 0.420. The highest BCUT2D eigenvalue weighted by Gasteiger charge is 2.20. The van der Waals surface area contributed by atoms with Crippen LogP contribution in [-0.2, 0) is 15.6 Å². The second kappa shape index (κ2) is 4.96. The first-order valence-electron chi connectivity index (χ1n) is 3.66. The van der Waals surface area contributed by atoms with Gasteiger partial charge in [-0.1, -0.05) is 61.7 Å². The molecule has 0 saturated heterocycles. The molecule has 1 aromatic rings. The third kappa shape index (κ3) is 3.22. The lowest BCUT2D eigenvalue weighted by Crippen LogP contribution is -2.11. The van der Waals surface area contributed by atoms with Crippen LogP contribution in [0, 0.1) is 0 Å². The zero-order valence-corrected chi connectivity index (χ0v) is 11.7. The highest BCUT2D eigenvalue weighted by atomic mass is 79.9. The molecule has 0 heterocycles. The molecule has 0 aliphatic rings. The van der Waals surface area contributed by atoms with Gasteiger partial charge in [0.15, 0.2) is 12.9 Å². The first-order valence-corrected chi connectivity index (χ1v) is 7.59. The van der Waals surface area contributed by atoms with E-state index in [1.807, 2.05) is 0 Å². The minimum atomic E-state index is -3.22. The SMILES string of the molecule is O=S(=O)(Cc1ccccc1Cl)C(Br)Br. The largest absolute Gasteiger partial charge is 0.226 e. The van der Waals surface area contributed by atoms with Crippen LogP contribution >= 0.6 is 43.5 Å². The van der Waals surface area contributed by atoms with Crippen LogP contribution in [0.15, 0.2) is 24.3 Å². The maximum atomic E-state index is 11.5. The summed E-state index contributed by atoms with van der Waals surface area (Å²) in [4.78, 5) is 0. The van der Waals surface area contributed by atoms with Gasteiger partial charge in [0, 0.05) is 5.02 Å². The van der Waals surface area contributed by atoms with Gasteiger partial charge in [0.2, 0.25) is 0 Å². The van der Waals surface area contributed by atoms with Crippen LogP contribution in [-0.4, -0.2) is 11.5 Å². The van der Waals surface area contributed by atoms with E-state index >= 15 is 0 Å². The average Bonchev–Trinajstić information content (AvgIpc) is 2.08. The fraction of sp³-hybridized carbons (Fsp3) is 0.250. The molecule has 0 aliphatic carbocycles. The van der Waals surface area contributed by atoms with Crippen molar-refractivity contribution in [3.63, 3.8) is 0 Å². The van der Waals surface area contributed by atoms with Crippen LogP contribution in [0.1, 0.15) is 5.56 Å². The Morgan fingerprint density at radius 3 is 2.36 bits per heavy atom. The van der Waals surface area contributed by atoms with Gasteiger partial charge in [0.1, 0.15) is 0 Å². The van der Waals surface area contributed by atoms with Crippen LogP contribution in [0.3, 0.4) is 0 Å². The lowest BCUT2D eigenvalue weighted by molar-refractivity contribution is 0.599. The van der Waals surface area contributed by atoms with E-state index in [2.05, 4.69) is 31.9 Å². The molecule has 0 saturated carbocycles. The predicted octanol–water partition coefficient (Wildman–Crippen LogP) is 3.33. The molecule has 1 rings (SSSR count). The maximum Gasteiger partial charge on any atom is 0.177 e. The first-order chi connectivity index (χ1) is 6.43. The van der Waals surface area contributed by atoms with Gasteiger partial charge in [0.05, 0.1) is 5.75 Å². The Balaban J connectivity index is 2.96. The number of sulfone groups is 1. The summed E-state index contributed by atoms with van der Waals surface area (Å²) in [5.74, 6) is -0.0756. The predicted molar refractivity (Wildman–Crippen MR) is 65.7 cm³/mol. The normalized spacial score (nSPS) is 12.0. The van der Waals surface area contributed by atoms with Gasteiger partial charge in [-0.25, -0.2) is 8.42 Å². The number of halogens is 3. The molecule has 0 amide bonds. The van der Waals surface area contributed by atoms with E-state index in [4.69, 9.17) is 11.6 Å². The molecule has 78 valence electrons. The monoisotopic (exact) mass is 360 g/mol. The number of hydrogen-bond acceptors (Lipinski definition) is 2. The Bertz CT molecular complexity index is 417. The summed E-state index contributed by atoms with van der Waals surface area (Å²) in [5.41, 5.74) is 0.609. The molecule has 0 unspecified atom stereocenters. The molecule has 0 fully saturated rings. The van der Waals surface area contributed by atoms with E-state index in [-0.39, 0.29) is 5.75 Å². The van der Waals surface area contributed by atoms with Crippen LogP contribution in [0.2, 0.25) is 5.02 Å². The van der Waals surface area contributed by atoms with E-state index in [0.29, 0.717) is 10.6 Å². The minimum Gasteiger partial charge on any atom is -0.226 e. The third-order valence-corrected chi connectivity index (χ3v) is 6.63. The van der Waals surface area contributed by atoms with Crippen molar-refractivity contribution in [2.75, 3.05) is 0 Å². The van der Waals surface area contributed by atoms with Crippen LogP contribution in [0.5, 0.6) is 0 Å². The number of hydrogen-bond donors (Lipinski definition) is 0. The summed E-state index contributed by atoms with van der Waals surface area (Å²) >= 11 is 11.8. The molecule has 14 heavy (non-hydrogen) atoms. The molecule has 0 atom stereocenters. The minimum absolute atomic E-state index is 0.0756. The van der Waals surface area contributed by atoms with E-state index in [0.717, 1.165) is 0 Å². The van der Waals surface area contributed by atoms with E-state index in [1.54, 1.807) is 24.3 Å². The average molecular weight is 362 g/mol. The number of alkyl halides is 2. The summed E-state index contributed by atoms with van der Waals surface area (Å²) < 4.78 is 22.3. The quantitative estimate of drug-likeness (QED) is 0.773.